The Morgan fingerprint density at radius 3 is 2.48 bits per heavy atom. The van der Waals surface area contributed by atoms with Crippen LogP contribution in [0.15, 0.2) is 60.7 Å². The number of nitrogens with zero attached hydrogens (tertiary/aromatic N) is 1. The summed E-state index contributed by atoms with van der Waals surface area (Å²) in [6.07, 6.45) is -0.484. The first-order valence-electron chi connectivity index (χ1n) is 7.95. The molecule has 5 heteroatoms. The number of ether oxygens (including phenoxy) is 1. The summed E-state index contributed by atoms with van der Waals surface area (Å²) in [6, 6.07) is 17.4. The van der Waals surface area contributed by atoms with Crippen LogP contribution >= 0.6 is 11.6 Å². The van der Waals surface area contributed by atoms with Crippen LogP contribution in [0.2, 0.25) is 5.02 Å². The van der Waals surface area contributed by atoms with Gasteiger partial charge in [0.25, 0.3) is 0 Å². The van der Waals surface area contributed by atoms with Crippen LogP contribution in [0.4, 0.5) is 0 Å². The number of hydrogen-bond donors (Lipinski definition) is 0. The van der Waals surface area contributed by atoms with E-state index in [2.05, 4.69) is 4.98 Å². The van der Waals surface area contributed by atoms with Gasteiger partial charge < -0.3 is 4.74 Å². The van der Waals surface area contributed by atoms with E-state index in [1.807, 2.05) is 24.3 Å². The average Bonchev–Trinajstić information content (AvgIpc) is 2.65. The van der Waals surface area contributed by atoms with Gasteiger partial charge in [-0.1, -0.05) is 42.8 Å². The minimum atomic E-state index is -0.859. The number of Topliss-reactive ketones (excluding diaryl/α,β-unsaturated/α-hetero) is 1. The molecule has 0 saturated carbocycles. The fraction of sp³-hybridized carbons (Fsp3) is 0.150. The molecule has 1 atom stereocenters. The van der Waals surface area contributed by atoms with Gasteiger partial charge in [-0.2, -0.15) is 0 Å². The van der Waals surface area contributed by atoms with Crippen LogP contribution < -0.4 is 0 Å². The molecule has 0 aliphatic rings. The number of aromatic nitrogens is 1. The van der Waals surface area contributed by atoms with Crippen molar-refractivity contribution in [3.05, 3.63) is 76.9 Å². The summed E-state index contributed by atoms with van der Waals surface area (Å²) in [4.78, 5) is 29.2. The molecule has 0 radical (unpaired) electrons. The van der Waals surface area contributed by atoms with E-state index in [-0.39, 0.29) is 11.5 Å². The van der Waals surface area contributed by atoms with Crippen LogP contribution in [0.3, 0.4) is 0 Å². The third-order valence-corrected chi connectivity index (χ3v) is 4.10. The molecule has 4 nitrogen and oxygen atoms in total. The van der Waals surface area contributed by atoms with E-state index in [9.17, 15) is 9.59 Å². The van der Waals surface area contributed by atoms with Gasteiger partial charge >= 0.3 is 5.97 Å². The zero-order valence-electron chi connectivity index (χ0n) is 13.6. The highest BCUT2D eigenvalue weighted by Gasteiger charge is 2.24. The van der Waals surface area contributed by atoms with Gasteiger partial charge in [-0.05, 0) is 42.8 Å². The van der Waals surface area contributed by atoms with Crippen LogP contribution in [0.25, 0.3) is 10.9 Å². The number of hydrogen-bond acceptors (Lipinski definition) is 4. The summed E-state index contributed by atoms with van der Waals surface area (Å²) >= 11 is 5.84. The summed E-state index contributed by atoms with van der Waals surface area (Å²) in [5, 5.41) is 1.48. The number of benzene rings is 2. The van der Waals surface area contributed by atoms with Gasteiger partial charge in [0.1, 0.15) is 5.69 Å². The monoisotopic (exact) mass is 353 g/mol. The Hall–Kier alpha value is -2.72. The molecule has 0 saturated heterocycles. The van der Waals surface area contributed by atoms with Crippen molar-refractivity contribution >= 4 is 34.3 Å². The molecule has 0 N–H and O–H groups in total. The number of ketones is 1. The summed E-state index contributed by atoms with van der Waals surface area (Å²) in [5.41, 5.74) is 1.34. The van der Waals surface area contributed by atoms with E-state index in [0.717, 1.165) is 5.39 Å². The minimum absolute atomic E-state index is 0.182. The first kappa shape index (κ1) is 17.1. The van der Waals surface area contributed by atoms with Gasteiger partial charge in [-0.3, -0.25) is 4.79 Å². The molecule has 25 heavy (non-hydrogen) atoms. The van der Waals surface area contributed by atoms with Crippen molar-refractivity contribution in [3.8, 4) is 0 Å². The Kier molecular flexibility index (Phi) is 5.10. The quantitative estimate of drug-likeness (QED) is 0.492. The van der Waals surface area contributed by atoms with Crippen molar-refractivity contribution < 1.29 is 14.3 Å². The van der Waals surface area contributed by atoms with Crippen LogP contribution in [-0.4, -0.2) is 22.8 Å². The topological polar surface area (TPSA) is 56.3 Å². The third-order valence-electron chi connectivity index (χ3n) is 3.85. The molecule has 1 aromatic heterocycles. The number of carbonyl (C=O) groups is 2. The van der Waals surface area contributed by atoms with E-state index in [1.54, 1.807) is 43.3 Å². The molecule has 0 amide bonds. The summed E-state index contributed by atoms with van der Waals surface area (Å²) in [5.74, 6) is -0.867. The number of halogens is 1. The standard InChI is InChI=1S/C20H16ClNO3/c1-2-18(19(23)14-7-10-15(21)11-8-14)25-20(24)17-12-9-13-5-3-4-6-16(13)22-17/h3-12,18H,2H2,1H3. The van der Waals surface area contributed by atoms with Gasteiger partial charge in [0.05, 0.1) is 5.52 Å². The van der Waals surface area contributed by atoms with Crippen LogP contribution in [-0.2, 0) is 4.74 Å². The van der Waals surface area contributed by atoms with Crippen LogP contribution in [0.5, 0.6) is 0 Å². The summed E-state index contributed by atoms with van der Waals surface area (Å²) in [6.45, 7) is 1.79. The predicted molar refractivity (Wildman–Crippen MR) is 97.0 cm³/mol. The molecule has 0 bridgehead atoms. The van der Waals surface area contributed by atoms with Gasteiger partial charge in [-0.15, -0.1) is 0 Å². The molecular weight excluding hydrogens is 338 g/mol. The average molecular weight is 354 g/mol. The van der Waals surface area contributed by atoms with Crippen molar-refractivity contribution in [2.75, 3.05) is 0 Å². The lowest BCUT2D eigenvalue weighted by Crippen LogP contribution is -2.27. The van der Waals surface area contributed by atoms with Crippen molar-refractivity contribution in [1.29, 1.82) is 0 Å². The molecule has 1 heterocycles. The maximum Gasteiger partial charge on any atom is 0.357 e. The zero-order valence-corrected chi connectivity index (χ0v) is 14.4. The van der Waals surface area contributed by atoms with Crippen molar-refractivity contribution in [1.82, 2.24) is 4.98 Å². The molecule has 3 rings (SSSR count). The van der Waals surface area contributed by atoms with E-state index >= 15 is 0 Å². The molecule has 126 valence electrons. The molecule has 0 aliphatic carbocycles. The maximum absolute atomic E-state index is 12.5. The number of pyridine rings is 1. The van der Waals surface area contributed by atoms with Crippen molar-refractivity contribution in [3.63, 3.8) is 0 Å². The van der Waals surface area contributed by atoms with Crippen LogP contribution in [0, 0.1) is 0 Å². The smallest absolute Gasteiger partial charge is 0.357 e. The van der Waals surface area contributed by atoms with Gasteiger partial charge in [0, 0.05) is 16.0 Å². The highest BCUT2D eigenvalue weighted by Crippen LogP contribution is 2.16. The zero-order chi connectivity index (χ0) is 17.8. The lowest BCUT2D eigenvalue weighted by atomic mass is 10.0. The molecule has 0 fully saturated rings. The molecule has 0 aliphatic heterocycles. The maximum atomic E-state index is 12.5. The first-order valence-corrected chi connectivity index (χ1v) is 8.33. The number of rotatable bonds is 5. The Labute approximate surface area is 150 Å². The first-order chi connectivity index (χ1) is 12.1. The molecule has 3 aromatic rings. The van der Waals surface area contributed by atoms with Gasteiger partial charge in [0.2, 0.25) is 5.78 Å². The Balaban J connectivity index is 1.78. The number of para-hydroxylation sites is 1. The summed E-state index contributed by atoms with van der Waals surface area (Å²) in [7, 11) is 0. The molecule has 2 aromatic carbocycles. The van der Waals surface area contributed by atoms with Gasteiger partial charge in [-0.25, -0.2) is 9.78 Å². The lowest BCUT2D eigenvalue weighted by Gasteiger charge is -2.15. The van der Waals surface area contributed by atoms with E-state index < -0.39 is 12.1 Å². The second-order valence-corrected chi connectivity index (χ2v) is 6.00. The second-order valence-electron chi connectivity index (χ2n) is 5.56. The number of esters is 1. The largest absolute Gasteiger partial charge is 0.449 e. The van der Waals surface area contributed by atoms with E-state index in [1.165, 1.54) is 0 Å². The van der Waals surface area contributed by atoms with E-state index in [0.29, 0.717) is 22.5 Å². The van der Waals surface area contributed by atoms with Crippen molar-refractivity contribution in [2.45, 2.75) is 19.4 Å². The molecular formula is C20H16ClNO3. The van der Waals surface area contributed by atoms with Crippen molar-refractivity contribution in [2.24, 2.45) is 0 Å². The Morgan fingerprint density at radius 1 is 1.04 bits per heavy atom. The molecule has 0 spiro atoms. The lowest BCUT2D eigenvalue weighted by molar-refractivity contribution is 0.0272. The highest BCUT2D eigenvalue weighted by molar-refractivity contribution is 6.30. The van der Waals surface area contributed by atoms with Gasteiger partial charge in [0.15, 0.2) is 6.10 Å². The normalized spacial score (nSPS) is 11.9. The second kappa shape index (κ2) is 7.45. The fourth-order valence-corrected chi connectivity index (χ4v) is 2.62. The fourth-order valence-electron chi connectivity index (χ4n) is 2.49. The number of fused-ring (bicyclic) bond motifs is 1. The highest BCUT2D eigenvalue weighted by atomic mass is 35.5. The minimum Gasteiger partial charge on any atom is -0.449 e. The number of carbonyl (C=O) groups excluding carboxylic acids is 2. The Bertz CT molecular complexity index is 922. The Morgan fingerprint density at radius 2 is 1.76 bits per heavy atom. The molecule has 1 unspecified atom stereocenters. The SMILES string of the molecule is CCC(OC(=O)c1ccc2ccccc2n1)C(=O)c1ccc(Cl)cc1. The van der Waals surface area contributed by atoms with E-state index in [4.69, 9.17) is 16.3 Å². The predicted octanol–water partition coefficient (Wildman–Crippen LogP) is 4.71. The summed E-state index contributed by atoms with van der Waals surface area (Å²) < 4.78 is 5.40. The van der Waals surface area contributed by atoms with Crippen LogP contribution in [0.1, 0.15) is 34.2 Å². The third kappa shape index (κ3) is 3.86.